The Morgan fingerprint density at radius 2 is 1.89 bits per heavy atom. The predicted octanol–water partition coefficient (Wildman–Crippen LogP) is 1.74. The Kier molecular flexibility index (Phi) is 5.11. The Bertz CT molecular complexity index is 573. The predicted molar refractivity (Wildman–Crippen MR) is 71.9 cm³/mol. The minimum Gasteiger partial charge on any atom is -0.463 e. The molecule has 1 N–H and O–H groups in total. The van der Waals surface area contributed by atoms with Crippen molar-refractivity contribution in [2.24, 2.45) is 0 Å². The summed E-state index contributed by atoms with van der Waals surface area (Å²) in [5, 5.41) is 0. The van der Waals surface area contributed by atoms with Gasteiger partial charge in [-0.25, -0.2) is 13.2 Å². The Morgan fingerprint density at radius 3 is 2.42 bits per heavy atom. The maximum atomic E-state index is 12.0. The highest BCUT2D eigenvalue weighted by Crippen LogP contribution is 2.11. The molecule has 0 spiro atoms. The molecule has 104 valence electrons. The van der Waals surface area contributed by atoms with Gasteiger partial charge in [0.15, 0.2) is 0 Å². The molecule has 1 rings (SSSR count). The summed E-state index contributed by atoms with van der Waals surface area (Å²) in [5.74, 6) is -0.577. The maximum Gasteiger partial charge on any atom is 0.332 e. The van der Waals surface area contributed by atoms with E-state index in [0.29, 0.717) is 0 Å². The fraction of sp³-hybridized carbons (Fsp3) is 0.308. The third-order valence-corrected chi connectivity index (χ3v) is 3.73. The average molecular weight is 283 g/mol. The van der Waals surface area contributed by atoms with Gasteiger partial charge in [0.1, 0.15) is 0 Å². The lowest BCUT2D eigenvalue weighted by Crippen LogP contribution is -2.22. The van der Waals surface area contributed by atoms with E-state index in [2.05, 4.69) is 4.72 Å². The van der Waals surface area contributed by atoms with Crippen LogP contribution in [-0.4, -0.2) is 21.0 Å². The van der Waals surface area contributed by atoms with Gasteiger partial charge in [0.05, 0.1) is 11.5 Å². The van der Waals surface area contributed by atoms with Crippen LogP contribution in [0.3, 0.4) is 0 Å². The largest absolute Gasteiger partial charge is 0.463 e. The SMILES string of the molecule is CCOC(=O)/C=C(\C)NS(=O)(=O)c1ccc(C)cc1. The lowest BCUT2D eigenvalue weighted by Gasteiger charge is -2.08. The molecule has 0 saturated heterocycles. The summed E-state index contributed by atoms with van der Waals surface area (Å²) in [4.78, 5) is 11.3. The highest BCUT2D eigenvalue weighted by molar-refractivity contribution is 7.89. The number of benzene rings is 1. The van der Waals surface area contributed by atoms with E-state index in [-0.39, 0.29) is 17.2 Å². The van der Waals surface area contributed by atoms with E-state index in [4.69, 9.17) is 4.74 Å². The zero-order valence-electron chi connectivity index (χ0n) is 11.1. The van der Waals surface area contributed by atoms with Crippen molar-refractivity contribution in [2.45, 2.75) is 25.7 Å². The first kappa shape index (κ1) is 15.2. The summed E-state index contributed by atoms with van der Waals surface area (Å²) >= 11 is 0. The molecular weight excluding hydrogens is 266 g/mol. The fourth-order valence-corrected chi connectivity index (χ4v) is 2.47. The smallest absolute Gasteiger partial charge is 0.332 e. The number of rotatable bonds is 5. The van der Waals surface area contributed by atoms with E-state index in [0.717, 1.165) is 11.6 Å². The van der Waals surface area contributed by atoms with Gasteiger partial charge < -0.3 is 4.74 Å². The molecule has 19 heavy (non-hydrogen) atoms. The molecule has 0 aliphatic carbocycles. The van der Waals surface area contributed by atoms with E-state index in [1.54, 1.807) is 19.1 Å². The number of ether oxygens (including phenoxy) is 1. The van der Waals surface area contributed by atoms with Crippen LogP contribution in [0.25, 0.3) is 0 Å². The van der Waals surface area contributed by atoms with Crippen molar-refractivity contribution in [3.8, 4) is 0 Å². The highest BCUT2D eigenvalue weighted by atomic mass is 32.2. The summed E-state index contributed by atoms with van der Waals surface area (Å²) in [6, 6.07) is 6.43. The second-order valence-electron chi connectivity index (χ2n) is 4.00. The Labute approximate surface area is 113 Å². The van der Waals surface area contributed by atoms with Crippen LogP contribution >= 0.6 is 0 Å². The number of hydrogen-bond acceptors (Lipinski definition) is 4. The number of nitrogens with one attached hydrogen (secondary N) is 1. The first-order valence-electron chi connectivity index (χ1n) is 5.79. The first-order valence-corrected chi connectivity index (χ1v) is 7.28. The monoisotopic (exact) mass is 283 g/mol. The first-order chi connectivity index (χ1) is 8.85. The van der Waals surface area contributed by atoms with Crippen molar-refractivity contribution < 1.29 is 17.9 Å². The summed E-state index contributed by atoms with van der Waals surface area (Å²) in [6.45, 7) is 5.28. The van der Waals surface area contributed by atoms with E-state index in [1.165, 1.54) is 19.1 Å². The number of sulfonamides is 1. The molecule has 0 unspecified atom stereocenters. The third kappa shape index (κ3) is 4.75. The topological polar surface area (TPSA) is 72.5 Å². The van der Waals surface area contributed by atoms with Crippen LogP contribution in [0.15, 0.2) is 40.9 Å². The Balaban J connectivity index is 2.85. The van der Waals surface area contributed by atoms with Crippen molar-refractivity contribution in [2.75, 3.05) is 6.61 Å². The second kappa shape index (κ2) is 6.38. The van der Waals surface area contributed by atoms with Gasteiger partial charge in [0.25, 0.3) is 10.0 Å². The zero-order chi connectivity index (χ0) is 14.5. The molecular formula is C13H17NO4S. The molecule has 6 heteroatoms. The lowest BCUT2D eigenvalue weighted by atomic mass is 10.2. The van der Waals surface area contributed by atoms with E-state index < -0.39 is 16.0 Å². The van der Waals surface area contributed by atoms with Crippen LogP contribution in [0.5, 0.6) is 0 Å². The van der Waals surface area contributed by atoms with Gasteiger partial charge in [-0.1, -0.05) is 17.7 Å². The van der Waals surface area contributed by atoms with Crippen LogP contribution in [0, 0.1) is 6.92 Å². The summed E-state index contributed by atoms with van der Waals surface area (Å²) < 4.78 is 31.0. The van der Waals surface area contributed by atoms with Gasteiger partial charge in [-0.15, -0.1) is 0 Å². The molecule has 0 radical (unpaired) electrons. The number of allylic oxidation sites excluding steroid dienone is 1. The Hall–Kier alpha value is -1.82. The molecule has 5 nitrogen and oxygen atoms in total. The molecule has 0 aliphatic heterocycles. The fourth-order valence-electron chi connectivity index (χ4n) is 1.38. The summed E-state index contributed by atoms with van der Waals surface area (Å²) in [7, 11) is -3.66. The maximum absolute atomic E-state index is 12.0. The van der Waals surface area contributed by atoms with Crippen molar-refractivity contribution in [1.82, 2.24) is 4.72 Å². The molecule has 0 saturated carbocycles. The van der Waals surface area contributed by atoms with Crippen molar-refractivity contribution in [3.63, 3.8) is 0 Å². The molecule has 1 aromatic carbocycles. The van der Waals surface area contributed by atoms with E-state index in [1.807, 2.05) is 6.92 Å². The van der Waals surface area contributed by atoms with Crippen molar-refractivity contribution >= 4 is 16.0 Å². The average Bonchev–Trinajstić information content (AvgIpc) is 2.28. The minimum atomic E-state index is -3.66. The van der Waals surface area contributed by atoms with Gasteiger partial charge in [0.2, 0.25) is 0 Å². The Morgan fingerprint density at radius 1 is 1.32 bits per heavy atom. The molecule has 0 fully saturated rings. The number of carbonyl (C=O) groups excluding carboxylic acids is 1. The number of aryl methyl sites for hydroxylation is 1. The normalized spacial score (nSPS) is 12.1. The van der Waals surface area contributed by atoms with Gasteiger partial charge in [-0.3, -0.25) is 4.72 Å². The van der Waals surface area contributed by atoms with Gasteiger partial charge in [-0.2, -0.15) is 0 Å². The van der Waals surface area contributed by atoms with Crippen LogP contribution in [-0.2, 0) is 19.6 Å². The van der Waals surface area contributed by atoms with Crippen LogP contribution < -0.4 is 4.72 Å². The molecule has 0 aliphatic rings. The number of hydrogen-bond donors (Lipinski definition) is 1. The minimum absolute atomic E-state index is 0.148. The van der Waals surface area contributed by atoms with Crippen LogP contribution in [0.2, 0.25) is 0 Å². The molecule has 0 atom stereocenters. The lowest BCUT2D eigenvalue weighted by molar-refractivity contribution is -0.137. The summed E-state index contributed by atoms with van der Waals surface area (Å²) in [5.41, 5.74) is 1.18. The highest BCUT2D eigenvalue weighted by Gasteiger charge is 2.14. The molecule has 0 heterocycles. The van der Waals surface area contributed by atoms with Crippen molar-refractivity contribution in [1.29, 1.82) is 0 Å². The second-order valence-corrected chi connectivity index (χ2v) is 5.68. The third-order valence-electron chi connectivity index (χ3n) is 2.25. The van der Waals surface area contributed by atoms with Gasteiger partial charge in [-0.05, 0) is 32.9 Å². The zero-order valence-corrected chi connectivity index (χ0v) is 12.0. The molecule has 0 amide bonds. The summed E-state index contributed by atoms with van der Waals surface area (Å²) in [6.07, 6.45) is 1.11. The number of carbonyl (C=O) groups is 1. The van der Waals surface area contributed by atoms with E-state index >= 15 is 0 Å². The standard InChI is InChI=1S/C13H17NO4S/c1-4-18-13(15)9-11(3)14-19(16,17)12-7-5-10(2)6-8-12/h5-9,14H,4H2,1-3H3/b11-9+. The molecule has 1 aromatic rings. The molecule has 0 aromatic heterocycles. The molecule has 0 bridgehead atoms. The van der Waals surface area contributed by atoms with Gasteiger partial charge in [0, 0.05) is 11.8 Å². The number of esters is 1. The van der Waals surface area contributed by atoms with Crippen LogP contribution in [0.1, 0.15) is 19.4 Å². The van der Waals surface area contributed by atoms with Crippen molar-refractivity contribution in [3.05, 3.63) is 41.6 Å². The van der Waals surface area contributed by atoms with Crippen LogP contribution in [0.4, 0.5) is 0 Å². The quantitative estimate of drug-likeness (QED) is 0.660. The van der Waals surface area contributed by atoms with Gasteiger partial charge >= 0.3 is 5.97 Å². The van der Waals surface area contributed by atoms with E-state index in [9.17, 15) is 13.2 Å².